The van der Waals surface area contributed by atoms with E-state index in [9.17, 15) is 26.3 Å². The molecule has 7 heteroatoms. The summed E-state index contributed by atoms with van der Waals surface area (Å²) in [5.41, 5.74) is -4.62. The van der Waals surface area contributed by atoms with Crippen molar-refractivity contribution >= 4 is 5.69 Å². The summed E-state index contributed by atoms with van der Waals surface area (Å²) in [6, 6.07) is 8.79. The summed E-state index contributed by atoms with van der Waals surface area (Å²) >= 11 is 0. The van der Waals surface area contributed by atoms with Gasteiger partial charge in [-0.2, -0.15) is 26.3 Å². The normalized spacial score (nSPS) is 13.1. The van der Waals surface area contributed by atoms with Gasteiger partial charge in [-0.05, 0) is 34.7 Å². The van der Waals surface area contributed by atoms with Gasteiger partial charge in [0.1, 0.15) is 0 Å². The number of benzene rings is 2. The number of nitrogens with zero attached hydrogens (tertiary/aromatic N) is 1. The van der Waals surface area contributed by atoms with E-state index in [2.05, 4.69) is 0 Å². The lowest BCUT2D eigenvalue weighted by Gasteiger charge is -2.38. The van der Waals surface area contributed by atoms with Crippen LogP contribution in [0.2, 0.25) is 0 Å². The summed E-state index contributed by atoms with van der Waals surface area (Å²) < 4.78 is 84.2. The molecule has 0 saturated heterocycles. The number of hydrogen-bond acceptors (Lipinski definition) is 1. The van der Waals surface area contributed by atoms with Crippen LogP contribution in [0.4, 0.5) is 32.0 Å². The molecule has 27 heavy (non-hydrogen) atoms. The lowest BCUT2D eigenvalue weighted by molar-refractivity contribution is -0.288. The SMILES string of the molecule is CC(C)c1ccc(C(c2ccc(N(C)C)cc2)(C(F)(F)F)C(F)(F)F)cc1. The molecule has 2 aromatic carbocycles. The lowest BCUT2D eigenvalue weighted by atomic mass is 9.72. The first-order chi connectivity index (χ1) is 12.3. The fourth-order valence-electron chi connectivity index (χ4n) is 3.11. The third-order valence-electron chi connectivity index (χ3n) is 4.68. The van der Waals surface area contributed by atoms with Crippen LogP contribution in [0.5, 0.6) is 0 Å². The number of halogens is 6. The zero-order valence-corrected chi connectivity index (χ0v) is 15.4. The van der Waals surface area contributed by atoms with Crippen LogP contribution in [0.1, 0.15) is 36.5 Å². The van der Waals surface area contributed by atoms with Gasteiger partial charge < -0.3 is 4.90 Å². The predicted octanol–water partition coefficient (Wildman–Crippen LogP) is 6.29. The first kappa shape index (κ1) is 21.1. The molecule has 2 aromatic rings. The monoisotopic (exact) mass is 389 g/mol. The Balaban J connectivity index is 2.78. The standard InChI is InChI=1S/C20H21F6N/c1-13(2)14-5-7-15(8-6-14)18(19(21,22)23,20(24,25)26)16-9-11-17(12-10-16)27(3)4/h5-13H,1-4H3. The third-order valence-corrected chi connectivity index (χ3v) is 4.68. The Morgan fingerprint density at radius 1 is 0.667 bits per heavy atom. The van der Waals surface area contributed by atoms with E-state index in [1.54, 1.807) is 19.0 Å². The van der Waals surface area contributed by atoms with Gasteiger partial charge in [-0.15, -0.1) is 0 Å². The van der Waals surface area contributed by atoms with Crippen molar-refractivity contribution in [3.63, 3.8) is 0 Å². The summed E-state index contributed by atoms with van der Waals surface area (Å²) in [6.45, 7) is 3.63. The molecule has 0 saturated carbocycles. The largest absolute Gasteiger partial charge is 0.411 e. The predicted molar refractivity (Wildman–Crippen MR) is 94.2 cm³/mol. The van der Waals surface area contributed by atoms with Gasteiger partial charge in [-0.1, -0.05) is 50.2 Å². The van der Waals surface area contributed by atoms with Gasteiger partial charge in [0, 0.05) is 19.8 Å². The van der Waals surface area contributed by atoms with Crippen LogP contribution in [-0.4, -0.2) is 26.4 Å². The number of alkyl halides is 6. The van der Waals surface area contributed by atoms with Gasteiger partial charge in [0.25, 0.3) is 0 Å². The molecule has 0 aliphatic heterocycles. The van der Waals surface area contributed by atoms with Crippen LogP contribution in [0, 0.1) is 0 Å². The van der Waals surface area contributed by atoms with Crippen molar-refractivity contribution in [1.29, 1.82) is 0 Å². The Hall–Kier alpha value is -2.18. The first-order valence-electron chi connectivity index (χ1n) is 8.34. The smallest absolute Gasteiger partial charge is 0.378 e. The van der Waals surface area contributed by atoms with Crippen molar-refractivity contribution in [2.45, 2.75) is 37.5 Å². The van der Waals surface area contributed by atoms with Crippen LogP contribution >= 0.6 is 0 Å². The van der Waals surface area contributed by atoms with Crippen LogP contribution in [0.25, 0.3) is 0 Å². The molecule has 0 unspecified atom stereocenters. The molecular weight excluding hydrogens is 368 g/mol. The number of anilines is 1. The Morgan fingerprint density at radius 2 is 1.04 bits per heavy atom. The lowest BCUT2D eigenvalue weighted by Crippen LogP contribution is -2.54. The van der Waals surface area contributed by atoms with Crippen molar-refractivity contribution in [1.82, 2.24) is 0 Å². The van der Waals surface area contributed by atoms with Gasteiger partial charge in [-0.3, -0.25) is 0 Å². The molecule has 0 aliphatic rings. The molecule has 0 radical (unpaired) electrons. The molecular formula is C20H21F6N. The van der Waals surface area contributed by atoms with Crippen molar-refractivity contribution in [3.8, 4) is 0 Å². The zero-order valence-electron chi connectivity index (χ0n) is 15.4. The molecule has 0 heterocycles. The van der Waals surface area contributed by atoms with Crippen LogP contribution in [0.3, 0.4) is 0 Å². The second kappa shape index (κ2) is 7.09. The second-order valence-electron chi connectivity index (χ2n) is 6.96. The Kier molecular flexibility index (Phi) is 5.55. The van der Waals surface area contributed by atoms with Crippen LogP contribution in [-0.2, 0) is 5.41 Å². The maximum Gasteiger partial charge on any atom is 0.411 e. The van der Waals surface area contributed by atoms with Gasteiger partial charge in [0.2, 0.25) is 5.41 Å². The van der Waals surface area contributed by atoms with Gasteiger partial charge in [-0.25, -0.2) is 0 Å². The quantitative estimate of drug-likeness (QED) is 0.556. The topological polar surface area (TPSA) is 3.24 Å². The van der Waals surface area contributed by atoms with Gasteiger partial charge in [0.15, 0.2) is 0 Å². The molecule has 0 aliphatic carbocycles. The van der Waals surface area contributed by atoms with E-state index in [1.165, 1.54) is 24.3 Å². The minimum atomic E-state index is -5.57. The van der Waals surface area contributed by atoms with E-state index in [0.29, 0.717) is 11.3 Å². The Morgan fingerprint density at radius 3 is 1.33 bits per heavy atom. The number of hydrogen-bond donors (Lipinski definition) is 0. The first-order valence-corrected chi connectivity index (χ1v) is 8.34. The molecule has 0 amide bonds. The highest BCUT2D eigenvalue weighted by molar-refractivity contribution is 5.52. The van der Waals surface area contributed by atoms with E-state index in [1.807, 2.05) is 13.8 Å². The second-order valence-corrected chi connectivity index (χ2v) is 6.96. The molecule has 1 nitrogen and oxygen atoms in total. The van der Waals surface area contributed by atoms with Crippen LogP contribution < -0.4 is 4.90 Å². The van der Waals surface area contributed by atoms with Gasteiger partial charge >= 0.3 is 12.4 Å². The molecule has 0 spiro atoms. The molecule has 148 valence electrons. The summed E-state index contributed by atoms with van der Waals surface area (Å²) in [7, 11) is 3.31. The third kappa shape index (κ3) is 3.64. The average molecular weight is 389 g/mol. The van der Waals surface area contributed by atoms with Gasteiger partial charge in [0.05, 0.1) is 0 Å². The molecule has 0 fully saturated rings. The van der Waals surface area contributed by atoms with Crippen LogP contribution in [0.15, 0.2) is 48.5 Å². The molecule has 0 bridgehead atoms. The highest BCUT2D eigenvalue weighted by Gasteiger charge is 2.72. The Labute approximate surface area is 154 Å². The average Bonchev–Trinajstić information content (AvgIpc) is 2.53. The zero-order chi connectivity index (χ0) is 20.6. The molecule has 0 atom stereocenters. The fraction of sp³-hybridized carbons (Fsp3) is 0.400. The van der Waals surface area contributed by atoms with Crippen molar-refractivity contribution < 1.29 is 26.3 Å². The molecule has 0 aromatic heterocycles. The minimum Gasteiger partial charge on any atom is -0.378 e. The highest BCUT2D eigenvalue weighted by Crippen LogP contribution is 2.56. The minimum absolute atomic E-state index is 0.00963. The van der Waals surface area contributed by atoms with E-state index >= 15 is 0 Å². The fourth-order valence-corrected chi connectivity index (χ4v) is 3.11. The highest BCUT2D eigenvalue weighted by atomic mass is 19.4. The maximum absolute atomic E-state index is 14.0. The van der Waals surface area contributed by atoms with E-state index in [0.717, 1.165) is 24.3 Å². The Bertz CT molecular complexity index is 688. The maximum atomic E-state index is 14.0. The number of rotatable bonds is 4. The van der Waals surface area contributed by atoms with Crippen molar-refractivity contribution in [3.05, 3.63) is 65.2 Å². The summed E-state index contributed by atoms with van der Waals surface area (Å²) in [6.07, 6.45) is -11.1. The molecule has 2 rings (SSSR count). The van der Waals surface area contributed by atoms with E-state index in [4.69, 9.17) is 0 Å². The van der Waals surface area contributed by atoms with Crippen molar-refractivity contribution in [2.24, 2.45) is 0 Å². The molecule has 0 N–H and O–H groups in total. The van der Waals surface area contributed by atoms with Crippen molar-refractivity contribution in [2.75, 3.05) is 19.0 Å². The summed E-state index contributed by atoms with van der Waals surface area (Å²) in [4.78, 5) is 1.60. The summed E-state index contributed by atoms with van der Waals surface area (Å²) in [5.74, 6) is -0.00963. The van der Waals surface area contributed by atoms with E-state index < -0.39 is 28.9 Å². The summed E-state index contributed by atoms with van der Waals surface area (Å²) in [5, 5.41) is 0. The van der Waals surface area contributed by atoms with E-state index in [-0.39, 0.29) is 5.92 Å².